The Hall–Kier alpha value is -1.84. The summed E-state index contributed by atoms with van der Waals surface area (Å²) in [7, 11) is 0. The minimum Gasteiger partial charge on any atom is -0.444 e. The molecule has 2 N–H and O–H groups in total. The number of aromatic amines is 1. The molecule has 0 aromatic carbocycles. The van der Waals surface area contributed by atoms with E-state index in [-0.39, 0.29) is 5.76 Å². The molecule has 0 radical (unpaired) electrons. The number of nitrogens with zero attached hydrogens (tertiary/aromatic N) is 2. The minimum atomic E-state index is -4.65. The lowest BCUT2D eigenvalue weighted by Gasteiger charge is -1.99. The third kappa shape index (κ3) is 2.70. The monoisotopic (exact) mass is 324 g/mol. The Morgan fingerprint density at radius 1 is 1.44 bits per heavy atom. The van der Waals surface area contributed by atoms with Gasteiger partial charge in [0.25, 0.3) is 5.91 Å². The summed E-state index contributed by atoms with van der Waals surface area (Å²) in [5.41, 5.74) is 0. The molecule has 0 bridgehead atoms. The van der Waals surface area contributed by atoms with Crippen molar-refractivity contribution in [2.75, 3.05) is 5.32 Å². The van der Waals surface area contributed by atoms with Crippen molar-refractivity contribution >= 4 is 27.8 Å². The van der Waals surface area contributed by atoms with Crippen LogP contribution in [0.2, 0.25) is 0 Å². The van der Waals surface area contributed by atoms with Gasteiger partial charge in [0.2, 0.25) is 11.8 Å². The van der Waals surface area contributed by atoms with Gasteiger partial charge in [-0.25, -0.2) is 0 Å². The van der Waals surface area contributed by atoms with Crippen LogP contribution in [0.1, 0.15) is 16.4 Å². The summed E-state index contributed by atoms with van der Waals surface area (Å²) in [4.78, 5) is 14.6. The van der Waals surface area contributed by atoms with Gasteiger partial charge in [0.05, 0.1) is 0 Å². The summed E-state index contributed by atoms with van der Waals surface area (Å²) in [6.45, 7) is 0. The third-order valence-corrected chi connectivity index (χ3v) is 2.20. The summed E-state index contributed by atoms with van der Waals surface area (Å²) >= 11 is 2.98. The Bertz CT molecular complexity index is 577. The number of hydrogen-bond donors (Lipinski definition) is 2. The van der Waals surface area contributed by atoms with Crippen molar-refractivity contribution < 1.29 is 22.4 Å². The molecule has 2 rings (SSSR count). The van der Waals surface area contributed by atoms with E-state index in [4.69, 9.17) is 4.42 Å². The van der Waals surface area contributed by atoms with Crippen LogP contribution in [0.15, 0.2) is 21.2 Å². The third-order valence-electron chi connectivity index (χ3n) is 1.78. The fourth-order valence-electron chi connectivity index (χ4n) is 1.04. The number of anilines is 1. The highest BCUT2D eigenvalue weighted by Crippen LogP contribution is 2.26. The van der Waals surface area contributed by atoms with Gasteiger partial charge >= 0.3 is 6.18 Å². The van der Waals surface area contributed by atoms with Gasteiger partial charge in [0.15, 0.2) is 10.4 Å². The summed E-state index contributed by atoms with van der Waals surface area (Å²) in [5.74, 6) is -2.62. The first-order valence-electron chi connectivity index (χ1n) is 4.42. The average Bonchev–Trinajstić information content (AvgIpc) is 2.85. The number of furan rings is 1. The molecule has 0 fully saturated rings. The van der Waals surface area contributed by atoms with Crippen LogP contribution in [0.4, 0.5) is 19.1 Å². The van der Waals surface area contributed by atoms with Crippen molar-refractivity contribution in [1.82, 2.24) is 15.2 Å². The molecular formula is C8H4BrF3N4O2. The minimum absolute atomic E-state index is 0.0831. The van der Waals surface area contributed by atoms with E-state index in [1.807, 2.05) is 0 Å². The van der Waals surface area contributed by atoms with Gasteiger partial charge in [-0.05, 0) is 28.1 Å². The van der Waals surface area contributed by atoms with Crippen molar-refractivity contribution in [2.45, 2.75) is 6.18 Å². The summed E-state index contributed by atoms with van der Waals surface area (Å²) in [5, 5.41) is 6.94. The van der Waals surface area contributed by atoms with Crippen molar-refractivity contribution in [3.63, 3.8) is 0 Å². The van der Waals surface area contributed by atoms with Gasteiger partial charge in [0, 0.05) is 0 Å². The van der Waals surface area contributed by atoms with Gasteiger partial charge in [-0.2, -0.15) is 18.2 Å². The number of carbonyl (C=O) groups is 1. The van der Waals surface area contributed by atoms with Crippen LogP contribution in [0.3, 0.4) is 0 Å². The molecule has 96 valence electrons. The predicted octanol–water partition coefficient (Wildman–Crippen LogP) is 2.43. The Morgan fingerprint density at radius 3 is 2.67 bits per heavy atom. The van der Waals surface area contributed by atoms with Crippen molar-refractivity contribution in [1.29, 1.82) is 0 Å². The second-order valence-corrected chi connectivity index (χ2v) is 3.84. The van der Waals surface area contributed by atoms with Gasteiger partial charge in [0.1, 0.15) is 0 Å². The molecule has 2 heterocycles. The fraction of sp³-hybridized carbons (Fsp3) is 0.125. The molecule has 18 heavy (non-hydrogen) atoms. The molecule has 6 nitrogen and oxygen atoms in total. The highest BCUT2D eigenvalue weighted by molar-refractivity contribution is 9.10. The number of alkyl halides is 3. The SMILES string of the molecule is O=C(Nc1n[nH]c(C(F)(F)F)n1)c1ccc(Br)o1. The van der Waals surface area contributed by atoms with Crippen LogP contribution in [-0.4, -0.2) is 21.1 Å². The summed E-state index contributed by atoms with van der Waals surface area (Å²) < 4.78 is 41.8. The Balaban J connectivity index is 2.10. The topological polar surface area (TPSA) is 83.8 Å². The first-order chi connectivity index (χ1) is 8.36. The van der Waals surface area contributed by atoms with E-state index in [1.54, 1.807) is 5.10 Å². The molecule has 0 aliphatic rings. The van der Waals surface area contributed by atoms with E-state index in [1.165, 1.54) is 12.1 Å². The maximum atomic E-state index is 12.2. The molecule has 2 aromatic heterocycles. The zero-order valence-corrected chi connectivity index (χ0v) is 9.96. The molecule has 0 spiro atoms. The number of amides is 1. The molecular weight excluding hydrogens is 321 g/mol. The number of H-pyrrole nitrogens is 1. The van der Waals surface area contributed by atoms with E-state index < -0.39 is 23.9 Å². The first kappa shape index (κ1) is 12.6. The van der Waals surface area contributed by atoms with Crippen molar-refractivity contribution in [3.05, 3.63) is 28.4 Å². The molecule has 1 amide bonds. The molecule has 0 unspecified atom stereocenters. The van der Waals surface area contributed by atoms with Crippen LogP contribution in [0.5, 0.6) is 0 Å². The number of aromatic nitrogens is 3. The second-order valence-electron chi connectivity index (χ2n) is 3.06. The zero-order valence-electron chi connectivity index (χ0n) is 8.38. The molecule has 0 aliphatic carbocycles. The Labute approximate surface area is 106 Å². The smallest absolute Gasteiger partial charge is 0.444 e. The lowest BCUT2D eigenvalue weighted by molar-refractivity contribution is -0.144. The largest absolute Gasteiger partial charge is 0.451 e. The lowest BCUT2D eigenvalue weighted by Crippen LogP contribution is -2.12. The molecule has 10 heteroatoms. The molecule has 2 aromatic rings. The summed E-state index contributed by atoms with van der Waals surface area (Å²) in [6, 6.07) is 2.81. The predicted molar refractivity (Wildman–Crippen MR) is 55.7 cm³/mol. The van der Waals surface area contributed by atoms with Crippen LogP contribution in [0, 0.1) is 0 Å². The Kier molecular flexibility index (Phi) is 3.11. The van der Waals surface area contributed by atoms with E-state index in [9.17, 15) is 18.0 Å². The van der Waals surface area contributed by atoms with E-state index >= 15 is 0 Å². The Morgan fingerprint density at radius 2 is 2.17 bits per heavy atom. The van der Waals surface area contributed by atoms with E-state index in [0.29, 0.717) is 4.67 Å². The van der Waals surface area contributed by atoms with Crippen LogP contribution in [0.25, 0.3) is 0 Å². The van der Waals surface area contributed by atoms with Gasteiger partial charge in [-0.1, -0.05) is 0 Å². The standard InChI is InChI=1S/C8H4BrF3N4O2/c9-4-2-1-3(18-4)5(17)13-7-14-6(15-16-7)8(10,11)12/h1-2H,(H2,13,14,15,16,17). The molecule has 0 aliphatic heterocycles. The number of hydrogen-bond acceptors (Lipinski definition) is 4. The van der Waals surface area contributed by atoms with E-state index in [0.717, 1.165) is 0 Å². The normalized spacial score (nSPS) is 11.6. The fourth-order valence-corrected chi connectivity index (χ4v) is 1.35. The zero-order chi connectivity index (χ0) is 13.3. The second kappa shape index (κ2) is 4.44. The van der Waals surface area contributed by atoms with E-state index in [2.05, 4.69) is 31.3 Å². The maximum absolute atomic E-state index is 12.2. The first-order valence-corrected chi connectivity index (χ1v) is 5.22. The van der Waals surface area contributed by atoms with Crippen molar-refractivity contribution in [2.24, 2.45) is 0 Å². The number of nitrogens with one attached hydrogen (secondary N) is 2. The summed E-state index contributed by atoms with van der Waals surface area (Å²) in [6.07, 6.45) is -4.65. The maximum Gasteiger partial charge on any atom is 0.451 e. The van der Waals surface area contributed by atoms with Crippen LogP contribution in [-0.2, 0) is 6.18 Å². The molecule has 0 atom stereocenters. The van der Waals surface area contributed by atoms with Crippen molar-refractivity contribution in [3.8, 4) is 0 Å². The quantitative estimate of drug-likeness (QED) is 0.888. The van der Waals surface area contributed by atoms with Gasteiger partial charge < -0.3 is 4.42 Å². The number of carbonyl (C=O) groups excluding carboxylic acids is 1. The molecule has 0 saturated heterocycles. The molecule has 0 saturated carbocycles. The number of halogens is 4. The lowest BCUT2D eigenvalue weighted by atomic mass is 10.4. The average molecular weight is 325 g/mol. The van der Waals surface area contributed by atoms with Gasteiger partial charge in [-0.3, -0.25) is 15.2 Å². The highest BCUT2D eigenvalue weighted by atomic mass is 79.9. The highest BCUT2D eigenvalue weighted by Gasteiger charge is 2.35. The number of rotatable bonds is 2. The van der Waals surface area contributed by atoms with Gasteiger partial charge in [-0.15, -0.1) is 5.10 Å². The van der Waals surface area contributed by atoms with Crippen LogP contribution >= 0.6 is 15.9 Å². The van der Waals surface area contributed by atoms with Crippen LogP contribution < -0.4 is 5.32 Å².